The Balaban J connectivity index is 1.30. The predicted octanol–water partition coefficient (Wildman–Crippen LogP) is 5.91. The largest absolute Gasteiger partial charge is 0.301 e. The highest BCUT2D eigenvalue weighted by Crippen LogP contribution is 2.34. The second-order valence-electron chi connectivity index (χ2n) is 6.09. The van der Waals surface area contributed by atoms with E-state index in [4.69, 9.17) is 0 Å². The smallest absolute Gasteiger partial charge is 0.285 e. The number of amides is 2. The number of nitrogens with one attached hydrogen (secondary N) is 1. The Morgan fingerprint density at radius 3 is 2.67 bits per heavy atom. The summed E-state index contributed by atoms with van der Waals surface area (Å²) in [5.74, 6) is -0.302. The Bertz CT molecular complexity index is 1140. The summed E-state index contributed by atoms with van der Waals surface area (Å²) in [6.45, 7) is 0. The van der Waals surface area contributed by atoms with Gasteiger partial charge in [0.1, 0.15) is 4.38 Å². The molecule has 9 heteroatoms. The molecule has 5 nitrogen and oxygen atoms in total. The van der Waals surface area contributed by atoms with E-state index in [1.54, 1.807) is 0 Å². The lowest BCUT2D eigenvalue weighted by Gasteiger charge is -2.01. The fourth-order valence-corrected chi connectivity index (χ4v) is 5.32. The van der Waals surface area contributed by atoms with Crippen LogP contribution < -0.4 is 5.32 Å². The summed E-state index contributed by atoms with van der Waals surface area (Å²) in [5.41, 5.74) is 2.74. The molecule has 1 N–H and O–H groups in total. The number of nitrogens with zero attached hydrogens (tertiary/aromatic N) is 2. The molecule has 2 heterocycles. The van der Waals surface area contributed by atoms with Crippen LogP contribution in [0, 0.1) is 0 Å². The summed E-state index contributed by atoms with van der Waals surface area (Å²) in [4.78, 5) is 33.4. The van der Waals surface area contributed by atoms with Crippen molar-refractivity contribution in [3.05, 3.63) is 74.9 Å². The zero-order valence-corrected chi connectivity index (χ0v) is 19.4. The van der Waals surface area contributed by atoms with Crippen LogP contribution in [0.4, 0.5) is 5.13 Å². The van der Waals surface area contributed by atoms with Crippen molar-refractivity contribution in [2.24, 2.45) is 4.99 Å². The van der Waals surface area contributed by atoms with E-state index in [0.29, 0.717) is 14.4 Å². The lowest BCUT2D eigenvalue weighted by molar-refractivity contribution is -0.114. The summed E-state index contributed by atoms with van der Waals surface area (Å²) in [6.07, 6.45) is 1.81. The standard InChI is InChI=1S/C21H14BrN3O2S3/c22-15-8-6-14(7-9-15)16-11-28-20(23-16)24-18(26)12-29-21-25-19(27)17(30-21)10-13-4-2-1-3-5-13/h1-11H,12H2,(H,23,24,26). The van der Waals surface area contributed by atoms with Gasteiger partial charge in [-0.05, 0) is 23.8 Å². The zero-order valence-electron chi connectivity index (χ0n) is 15.4. The SMILES string of the molecule is O=C(CSC1=NC(=O)C(=Cc2ccccc2)S1)Nc1nc(-c2ccc(Br)cc2)cs1. The van der Waals surface area contributed by atoms with Gasteiger partial charge in [0.05, 0.1) is 16.4 Å². The third-order valence-corrected chi connectivity index (χ3v) is 7.33. The summed E-state index contributed by atoms with van der Waals surface area (Å²) in [7, 11) is 0. The van der Waals surface area contributed by atoms with Gasteiger partial charge in [-0.3, -0.25) is 9.59 Å². The Hall–Kier alpha value is -2.20. The number of hydrogen-bond donors (Lipinski definition) is 1. The highest BCUT2D eigenvalue weighted by Gasteiger charge is 2.23. The summed E-state index contributed by atoms with van der Waals surface area (Å²) < 4.78 is 1.58. The van der Waals surface area contributed by atoms with Gasteiger partial charge in [0, 0.05) is 15.4 Å². The van der Waals surface area contributed by atoms with E-state index in [1.165, 1.54) is 34.9 Å². The molecule has 1 aromatic heterocycles. The average Bonchev–Trinajstić information content (AvgIpc) is 3.34. The second-order valence-corrected chi connectivity index (χ2v) is 10.1. The molecule has 0 saturated heterocycles. The number of benzene rings is 2. The summed E-state index contributed by atoms with van der Waals surface area (Å²) in [6, 6.07) is 17.4. The maximum atomic E-state index is 12.3. The first-order valence-electron chi connectivity index (χ1n) is 8.78. The molecule has 0 unspecified atom stereocenters. The molecule has 2 amide bonds. The zero-order chi connectivity index (χ0) is 20.9. The Labute approximate surface area is 194 Å². The molecule has 1 aliphatic rings. The Kier molecular flexibility index (Phi) is 6.83. The molecular formula is C21H14BrN3O2S3. The van der Waals surface area contributed by atoms with Crippen LogP contribution in [0.3, 0.4) is 0 Å². The number of carbonyl (C=O) groups excluding carboxylic acids is 2. The minimum Gasteiger partial charge on any atom is -0.301 e. The number of hydrogen-bond acceptors (Lipinski definition) is 6. The molecule has 4 rings (SSSR count). The Morgan fingerprint density at radius 1 is 1.13 bits per heavy atom. The molecule has 0 aliphatic carbocycles. The number of carbonyl (C=O) groups is 2. The molecule has 0 bridgehead atoms. The normalized spacial score (nSPS) is 14.8. The van der Waals surface area contributed by atoms with Crippen molar-refractivity contribution < 1.29 is 9.59 Å². The molecular weight excluding hydrogens is 502 g/mol. The Morgan fingerprint density at radius 2 is 1.90 bits per heavy atom. The van der Waals surface area contributed by atoms with Crippen LogP contribution in [0.5, 0.6) is 0 Å². The van der Waals surface area contributed by atoms with Crippen LogP contribution in [-0.4, -0.2) is 26.9 Å². The summed E-state index contributed by atoms with van der Waals surface area (Å²) >= 11 is 7.32. The van der Waals surface area contributed by atoms with E-state index in [9.17, 15) is 9.59 Å². The third-order valence-electron chi connectivity index (χ3n) is 3.92. The van der Waals surface area contributed by atoms with Crippen LogP contribution >= 0.6 is 50.8 Å². The van der Waals surface area contributed by atoms with Gasteiger partial charge >= 0.3 is 0 Å². The molecule has 0 fully saturated rings. The van der Waals surface area contributed by atoms with Gasteiger partial charge in [-0.2, -0.15) is 4.99 Å². The highest BCUT2D eigenvalue weighted by molar-refractivity contribution is 9.10. The van der Waals surface area contributed by atoms with E-state index in [1.807, 2.05) is 66.1 Å². The van der Waals surface area contributed by atoms with E-state index >= 15 is 0 Å². The van der Waals surface area contributed by atoms with Gasteiger partial charge in [-0.15, -0.1) is 11.3 Å². The van der Waals surface area contributed by atoms with E-state index < -0.39 is 0 Å². The van der Waals surface area contributed by atoms with Crippen molar-refractivity contribution in [3.8, 4) is 11.3 Å². The first kappa shape index (κ1) is 21.0. The minimum atomic E-state index is -0.272. The van der Waals surface area contributed by atoms with Gasteiger partial charge in [0.15, 0.2) is 5.13 Å². The molecule has 1 aliphatic heterocycles. The van der Waals surface area contributed by atoms with Crippen molar-refractivity contribution in [2.75, 3.05) is 11.1 Å². The second kappa shape index (κ2) is 9.74. The number of halogens is 1. The highest BCUT2D eigenvalue weighted by atomic mass is 79.9. The van der Waals surface area contributed by atoms with Crippen LogP contribution in [0.2, 0.25) is 0 Å². The van der Waals surface area contributed by atoms with Crippen molar-refractivity contribution >= 4 is 78.2 Å². The van der Waals surface area contributed by atoms with Crippen LogP contribution in [0.15, 0.2) is 74.3 Å². The van der Waals surface area contributed by atoms with Gasteiger partial charge in [0.25, 0.3) is 5.91 Å². The number of aromatic nitrogens is 1. The first-order chi connectivity index (χ1) is 14.6. The van der Waals surface area contributed by atoms with Crippen molar-refractivity contribution in [3.63, 3.8) is 0 Å². The summed E-state index contributed by atoms with van der Waals surface area (Å²) in [5, 5.41) is 5.25. The van der Waals surface area contributed by atoms with Gasteiger partial charge < -0.3 is 5.32 Å². The number of thiazole rings is 1. The van der Waals surface area contributed by atoms with Crippen molar-refractivity contribution in [2.45, 2.75) is 0 Å². The lowest BCUT2D eigenvalue weighted by Crippen LogP contribution is -2.14. The van der Waals surface area contributed by atoms with Crippen molar-refractivity contribution in [1.82, 2.24) is 4.98 Å². The first-order valence-corrected chi connectivity index (χ1v) is 12.3. The minimum absolute atomic E-state index is 0.158. The van der Waals surface area contributed by atoms with Gasteiger partial charge in [-0.25, -0.2) is 4.98 Å². The fraction of sp³-hybridized carbons (Fsp3) is 0.0476. The predicted molar refractivity (Wildman–Crippen MR) is 131 cm³/mol. The number of thioether (sulfide) groups is 2. The van der Waals surface area contributed by atoms with E-state index in [-0.39, 0.29) is 17.6 Å². The number of rotatable bonds is 5. The molecule has 0 saturated carbocycles. The molecule has 150 valence electrons. The number of aliphatic imine (C=N–C) groups is 1. The van der Waals surface area contributed by atoms with Gasteiger partial charge in [-0.1, -0.05) is 81.9 Å². The molecule has 3 aromatic rings. The van der Waals surface area contributed by atoms with Crippen LogP contribution in [-0.2, 0) is 9.59 Å². The molecule has 0 radical (unpaired) electrons. The average molecular weight is 516 g/mol. The van der Waals surface area contributed by atoms with Gasteiger partial charge in [0.2, 0.25) is 5.91 Å². The van der Waals surface area contributed by atoms with Crippen LogP contribution in [0.1, 0.15) is 5.56 Å². The third kappa shape index (κ3) is 5.48. The fourth-order valence-electron chi connectivity index (χ4n) is 2.52. The maximum Gasteiger partial charge on any atom is 0.285 e. The molecule has 30 heavy (non-hydrogen) atoms. The van der Waals surface area contributed by atoms with Crippen LogP contribution in [0.25, 0.3) is 17.3 Å². The van der Waals surface area contributed by atoms with Crippen molar-refractivity contribution in [1.29, 1.82) is 0 Å². The van der Waals surface area contributed by atoms with E-state index in [0.717, 1.165) is 21.3 Å². The number of anilines is 1. The maximum absolute atomic E-state index is 12.3. The monoisotopic (exact) mass is 515 g/mol. The quantitative estimate of drug-likeness (QED) is 0.427. The topological polar surface area (TPSA) is 71.4 Å². The lowest BCUT2D eigenvalue weighted by atomic mass is 10.2. The molecule has 2 aromatic carbocycles. The molecule has 0 atom stereocenters. The molecule has 0 spiro atoms. The van der Waals surface area contributed by atoms with E-state index in [2.05, 4.69) is 31.2 Å².